The molecule has 0 fully saturated rings. The average Bonchev–Trinajstić information content (AvgIpc) is 2.90. The van der Waals surface area contributed by atoms with Crippen molar-refractivity contribution >= 4 is 4.26 Å². The van der Waals surface area contributed by atoms with Crippen LogP contribution in [0, 0.1) is 5.92 Å². The Balaban J connectivity index is 2.41. The fraction of sp³-hybridized carbons (Fsp3) is 0. The summed E-state index contributed by atoms with van der Waals surface area (Å²) in [5.41, 5.74) is 5.42. The van der Waals surface area contributed by atoms with Gasteiger partial charge in [0.25, 0.3) is 0 Å². The van der Waals surface area contributed by atoms with E-state index in [4.69, 9.17) is 0 Å². The van der Waals surface area contributed by atoms with Gasteiger partial charge in [0, 0.05) is 0 Å². The van der Waals surface area contributed by atoms with Crippen LogP contribution in [-0.4, -0.2) is 4.26 Å². The molecule has 0 radical (unpaired) electrons. The van der Waals surface area contributed by atoms with E-state index < -0.39 is 0 Å². The van der Waals surface area contributed by atoms with E-state index in [2.05, 4.69) is 52.1 Å². The third-order valence-corrected chi connectivity index (χ3v) is 2.47. The summed E-state index contributed by atoms with van der Waals surface area (Å²) in [7, 11) is 0. The fourth-order valence-electron chi connectivity index (χ4n) is 1.54. The first-order valence-corrected chi connectivity index (χ1v) is 5.53. The summed E-state index contributed by atoms with van der Waals surface area (Å²) in [6, 6.07) is 16.6. The normalized spacial score (nSPS) is 9.07. The first-order chi connectivity index (χ1) is 7.42. The summed E-state index contributed by atoms with van der Waals surface area (Å²) >= 11 is 2.32. The van der Waals surface area contributed by atoms with Gasteiger partial charge < -0.3 is 0 Å². The summed E-state index contributed by atoms with van der Waals surface area (Å²) in [6.45, 7) is 0. The van der Waals surface area contributed by atoms with Gasteiger partial charge in [0.1, 0.15) is 0 Å². The van der Waals surface area contributed by atoms with Crippen LogP contribution in [0.25, 0.3) is 0 Å². The van der Waals surface area contributed by atoms with Gasteiger partial charge >= 0.3 is 99.5 Å². The van der Waals surface area contributed by atoms with Crippen molar-refractivity contribution in [1.29, 1.82) is 0 Å². The van der Waals surface area contributed by atoms with E-state index in [0.29, 0.717) is 0 Å². The molecule has 0 atom stereocenters. The Kier molecular flexibility index (Phi) is 3.33. The molecule has 2 rings (SSSR count). The minimum absolute atomic E-state index is 1.18. The Labute approximate surface area is 99.5 Å². The Morgan fingerprint density at radius 1 is 1.33 bits per heavy atom. The molecule has 1 heteroatoms. The molecule has 0 aliphatic carbocycles. The van der Waals surface area contributed by atoms with Crippen LogP contribution in [0.15, 0.2) is 60.3 Å². The van der Waals surface area contributed by atoms with Crippen LogP contribution in [0.2, 0.25) is 0 Å². The van der Waals surface area contributed by atoms with Crippen LogP contribution in [0.4, 0.5) is 0 Å². The van der Waals surface area contributed by atoms with Gasteiger partial charge in [0.05, 0.1) is 0 Å². The van der Waals surface area contributed by atoms with Gasteiger partial charge in [-0.3, -0.25) is 0 Å². The van der Waals surface area contributed by atoms with Crippen molar-refractivity contribution in [2.75, 3.05) is 0 Å². The zero-order chi connectivity index (χ0) is 10.5. The molecule has 0 aliphatic rings. The molecule has 15 heavy (non-hydrogen) atoms. The molecule has 0 amide bonds. The predicted molar refractivity (Wildman–Crippen MR) is 58.6 cm³/mol. The quantitative estimate of drug-likeness (QED) is 0.460. The van der Waals surface area contributed by atoms with Gasteiger partial charge in [-0.25, -0.2) is 0 Å². The van der Waals surface area contributed by atoms with E-state index in [-0.39, 0.29) is 0 Å². The predicted octanol–water partition coefficient (Wildman–Crippen LogP) is 2.75. The summed E-state index contributed by atoms with van der Waals surface area (Å²) in [5, 5.41) is 0. The van der Waals surface area contributed by atoms with Crippen LogP contribution in [-0.2, 0) is 17.9 Å². The van der Waals surface area contributed by atoms with E-state index in [9.17, 15) is 0 Å². The molecule has 2 aromatic rings. The molecule has 0 saturated carbocycles. The maximum absolute atomic E-state index is 2.98. The van der Waals surface area contributed by atoms with Gasteiger partial charge in [0.2, 0.25) is 0 Å². The zero-order valence-corrected chi connectivity index (χ0v) is 9.79. The van der Waals surface area contributed by atoms with Gasteiger partial charge in [-0.2, -0.15) is 0 Å². The molecule has 2 aromatic carbocycles. The van der Waals surface area contributed by atoms with Gasteiger partial charge in [0.15, 0.2) is 0 Å². The molecule has 0 N–H and O–H groups in total. The summed E-state index contributed by atoms with van der Waals surface area (Å²) in [4.78, 5) is 0. The number of hydrogen-bond donors (Lipinski definition) is 0. The van der Waals surface area contributed by atoms with Crippen molar-refractivity contribution < 1.29 is 17.9 Å². The molecule has 75 valence electrons. The van der Waals surface area contributed by atoms with Crippen molar-refractivity contribution in [3.63, 3.8) is 0 Å². The van der Waals surface area contributed by atoms with Gasteiger partial charge in [-0.1, -0.05) is 0 Å². The molecule has 0 saturated heterocycles. The molecular weight excluding hydrogens is 269 g/mol. The Bertz CT molecular complexity index is 441. The Morgan fingerprint density at radius 2 is 2.27 bits per heavy atom. The Hall–Kier alpha value is -1.38. The standard InChI is InChI=1S/C14H9.Ru/c1-2-7-14(12-8-3-4-9-12)13-10-5-6-11-13;/h3-11H;/q-3;+1. The molecule has 0 aromatic heterocycles. The first kappa shape index (κ1) is 10.2. The number of hydrogen-bond acceptors (Lipinski definition) is 0. The van der Waals surface area contributed by atoms with Crippen LogP contribution >= 0.6 is 0 Å². The number of allylic oxidation sites excluding steroid dienone is 1. The SMILES string of the molecule is [Ru+]=[C]=C=C[C-](c1cc[cH-]c1)c1ccc[cH-]1. The van der Waals surface area contributed by atoms with Crippen molar-refractivity contribution in [2.24, 2.45) is 0 Å². The summed E-state index contributed by atoms with van der Waals surface area (Å²) in [6.07, 6.45) is 1.96. The van der Waals surface area contributed by atoms with Crippen molar-refractivity contribution in [3.8, 4) is 0 Å². The Morgan fingerprint density at radius 3 is 2.87 bits per heavy atom. The average molecular weight is 278 g/mol. The minimum atomic E-state index is 1.18. The van der Waals surface area contributed by atoms with Crippen LogP contribution < -0.4 is 0 Å². The van der Waals surface area contributed by atoms with Crippen molar-refractivity contribution in [1.82, 2.24) is 0 Å². The van der Waals surface area contributed by atoms with E-state index in [1.54, 1.807) is 0 Å². The van der Waals surface area contributed by atoms with Crippen molar-refractivity contribution in [3.05, 3.63) is 77.4 Å². The third-order valence-electron chi connectivity index (χ3n) is 2.21. The first-order valence-electron chi connectivity index (χ1n) is 4.66. The topological polar surface area (TPSA) is 0 Å². The summed E-state index contributed by atoms with van der Waals surface area (Å²) in [5.74, 6) is 1.18. The molecule has 0 spiro atoms. The summed E-state index contributed by atoms with van der Waals surface area (Å²) < 4.78 is 2.83. The monoisotopic (exact) mass is 279 g/mol. The molecule has 0 bridgehead atoms. The van der Waals surface area contributed by atoms with Crippen LogP contribution in [0.3, 0.4) is 0 Å². The van der Waals surface area contributed by atoms with Crippen LogP contribution in [0.1, 0.15) is 11.1 Å². The zero-order valence-electron chi connectivity index (χ0n) is 8.05. The van der Waals surface area contributed by atoms with Gasteiger partial charge in [-0.15, -0.1) is 0 Å². The van der Waals surface area contributed by atoms with E-state index in [1.807, 2.05) is 30.3 Å². The second kappa shape index (κ2) is 4.92. The third kappa shape index (κ3) is 2.35. The van der Waals surface area contributed by atoms with E-state index in [0.717, 1.165) is 0 Å². The molecular formula is C14H9Ru-2. The molecule has 0 heterocycles. The molecule has 0 aliphatic heterocycles. The maximum atomic E-state index is 2.98. The second-order valence-electron chi connectivity index (χ2n) is 3.14. The number of rotatable bonds is 3. The second-order valence-corrected chi connectivity index (χ2v) is 3.57. The molecule has 0 nitrogen and oxygen atoms in total. The van der Waals surface area contributed by atoms with E-state index >= 15 is 0 Å². The van der Waals surface area contributed by atoms with Gasteiger partial charge in [-0.05, 0) is 0 Å². The van der Waals surface area contributed by atoms with Crippen molar-refractivity contribution in [2.45, 2.75) is 0 Å². The van der Waals surface area contributed by atoms with E-state index in [1.165, 1.54) is 17.0 Å². The fourth-order valence-corrected chi connectivity index (χ4v) is 1.66. The van der Waals surface area contributed by atoms with Crippen LogP contribution in [0.5, 0.6) is 0 Å². The molecule has 0 unspecified atom stereocenters.